The summed E-state index contributed by atoms with van der Waals surface area (Å²) in [6.45, 7) is 4.98. The molecule has 0 spiro atoms. The van der Waals surface area contributed by atoms with Gasteiger partial charge in [0.05, 0.1) is 30.3 Å². The number of hydrogen-bond donors (Lipinski definition) is 0. The highest BCUT2D eigenvalue weighted by molar-refractivity contribution is 5.95. The molecular weight excluding hydrogens is 560 g/mol. The number of amides is 1. The third-order valence-electron chi connectivity index (χ3n) is 7.23. The number of carbonyl (C=O) groups is 1. The van der Waals surface area contributed by atoms with Crippen LogP contribution in [0.1, 0.15) is 43.7 Å². The molecule has 11 heteroatoms. The Bertz CT molecular complexity index is 1470. The Balaban J connectivity index is 1.63. The summed E-state index contributed by atoms with van der Waals surface area (Å²) in [7, 11) is 1.52. The van der Waals surface area contributed by atoms with Crippen molar-refractivity contribution in [1.82, 2.24) is 14.8 Å². The highest BCUT2D eigenvalue weighted by atomic mass is 19.4. The molecule has 1 aliphatic heterocycles. The normalized spacial score (nSPS) is 16.1. The standard InChI is InChI=1S/C31H29F6N3O2/c1-20-6-7-22(13-21(20)2)14-27-19-39(10-4-5-23-18-38-9-8-28(23)42-3)11-12-40(27)29(41)24-15-25(30(32,33)34)17-26(16-24)31(35,36)37/h6-9,13,15-18,27H,10-12,14,19H2,1-3H3/t27-/m1/s1. The Labute approximate surface area is 240 Å². The predicted molar refractivity (Wildman–Crippen MR) is 145 cm³/mol. The van der Waals surface area contributed by atoms with Crippen molar-refractivity contribution in [2.45, 2.75) is 38.7 Å². The molecule has 222 valence electrons. The molecule has 0 bridgehead atoms. The predicted octanol–water partition coefficient (Wildman–Crippen LogP) is 6.17. The molecule has 1 fully saturated rings. The fourth-order valence-electron chi connectivity index (χ4n) is 4.85. The third kappa shape index (κ3) is 7.42. The SMILES string of the molecule is COc1ccncc1C#CCN1CCN(C(=O)c2cc(C(F)(F)F)cc(C(F)(F)F)c2)[C@H](Cc2ccc(C)c(C)c2)C1. The zero-order valence-corrected chi connectivity index (χ0v) is 23.2. The van der Waals surface area contributed by atoms with Crippen molar-refractivity contribution in [1.29, 1.82) is 0 Å². The molecule has 0 radical (unpaired) electrons. The van der Waals surface area contributed by atoms with Gasteiger partial charge in [0.25, 0.3) is 5.91 Å². The van der Waals surface area contributed by atoms with Crippen LogP contribution < -0.4 is 4.74 Å². The molecule has 2 aromatic carbocycles. The average molecular weight is 590 g/mol. The van der Waals surface area contributed by atoms with Gasteiger partial charge in [0, 0.05) is 43.6 Å². The Morgan fingerprint density at radius 2 is 1.67 bits per heavy atom. The lowest BCUT2D eigenvalue weighted by Gasteiger charge is -2.41. The van der Waals surface area contributed by atoms with E-state index in [1.54, 1.807) is 18.5 Å². The molecular formula is C31H29F6N3O2. The van der Waals surface area contributed by atoms with Crippen molar-refractivity contribution in [3.63, 3.8) is 0 Å². The van der Waals surface area contributed by atoms with E-state index < -0.39 is 41.0 Å². The number of halogens is 6. The number of rotatable bonds is 5. The second kappa shape index (κ2) is 12.4. The average Bonchev–Trinajstić information content (AvgIpc) is 2.94. The molecule has 2 heterocycles. The molecule has 4 rings (SSSR count). The lowest BCUT2D eigenvalue weighted by atomic mass is 9.97. The molecule has 1 saturated heterocycles. The van der Waals surface area contributed by atoms with E-state index in [2.05, 4.69) is 16.8 Å². The maximum Gasteiger partial charge on any atom is 0.416 e. The van der Waals surface area contributed by atoms with E-state index in [0.717, 1.165) is 16.7 Å². The summed E-state index contributed by atoms with van der Waals surface area (Å²) >= 11 is 0. The number of pyridine rings is 1. The first-order chi connectivity index (χ1) is 19.8. The van der Waals surface area contributed by atoms with Crippen LogP contribution >= 0.6 is 0 Å². The number of alkyl halides is 6. The van der Waals surface area contributed by atoms with Crippen LogP contribution in [0.25, 0.3) is 0 Å². The molecule has 0 saturated carbocycles. The van der Waals surface area contributed by atoms with Crippen LogP contribution in [-0.4, -0.2) is 60.0 Å². The molecule has 1 atom stereocenters. The van der Waals surface area contributed by atoms with Gasteiger partial charge in [-0.1, -0.05) is 30.0 Å². The maximum atomic E-state index is 13.6. The van der Waals surface area contributed by atoms with Gasteiger partial charge in [-0.2, -0.15) is 26.3 Å². The van der Waals surface area contributed by atoms with Gasteiger partial charge >= 0.3 is 12.4 Å². The number of aromatic nitrogens is 1. The lowest BCUT2D eigenvalue weighted by molar-refractivity contribution is -0.143. The fourth-order valence-corrected chi connectivity index (χ4v) is 4.85. The molecule has 5 nitrogen and oxygen atoms in total. The zero-order chi connectivity index (χ0) is 30.7. The van der Waals surface area contributed by atoms with Crippen molar-refractivity contribution in [3.8, 4) is 17.6 Å². The first kappa shape index (κ1) is 30.9. The minimum Gasteiger partial charge on any atom is -0.495 e. The van der Waals surface area contributed by atoms with Gasteiger partial charge < -0.3 is 9.64 Å². The fraction of sp³-hybridized carbons (Fsp3) is 0.355. The Hall–Kier alpha value is -4.04. The quantitative estimate of drug-likeness (QED) is 0.264. The summed E-state index contributed by atoms with van der Waals surface area (Å²) in [5, 5.41) is 0. The number of piperazine rings is 1. The molecule has 42 heavy (non-hydrogen) atoms. The summed E-state index contributed by atoms with van der Waals surface area (Å²) in [5.74, 6) is 5.78. The van der Waals surface area contributed by atoms with Crippen molar-refractivity contribution in [2.75, 3.05) is 33.3 Å². The van der Waals surface area contributed by atoms with Crippen LogP contribution in [0, 0.1) is 25.7 Å². The Morgan fingerprint density at radius 3 is 2.29 bits per heavy atom. The first-order valence-corrected chi connectivity index (χ1v) is 13.1. The van der Waals surface area contributed by atoms with Gasteiger partial charge in [0.1, 0.15) is 5.75 Å². The maximum absolute atomic E-state index is 13.6. The Kier molecular flexibility index (Phi) is 9.16. The minimum atomic E-state index is -5.05. The number of hydrogen-bond acceptors (Lipinski definition) is 4. The number of nitrogens with zero attached hydrogens (tertiary/aromatic N) is 3. The Morgan fingerprint density at radius 1 is 0.976 bits per heavy atom. The molecule has 1 aliphatic rings. The van der Waals surface area contributed by atoms with Crippen LogP contribution in [0.3, 0.4) is 0 Å². The summed E-state index contributed by atoms with van der Waals surface area (Å²) in [5.41, 5.74) is -0.0976. The smallest absolute Gasteiger partial charge is 0.416 e. The summed E-state index contributed by atoms with van der Waals surface area (Å²) < 4.78 is 86.2. The van der Waals surface area contributed by atoms with Crippen molar-refractivity contribution in [3.05, 3.63) is 93.8 Å². The van der Waals surface area contributed by atoms with E-state index in [-0.39, 0.29) is 12.6 Å². The van der Waals surface area contributed by atoms with Crippen molar-refractivity contribution in [2.24, 2.45) is 0 Å². The van der Waals surface area contributed by atoms with Gasteiger partial charge in [-0.15, -0.1) is 0 Å². The first-order valence-electron chi connectivity index (χ1n) is 13.1. The van der Waals surface area contributed by atoms with Gasteiger partial charge in [-0.25, -0.2) is 0 Å². The van der Waals surface area contributed by atoms with Gasteiger partial charge in [0.2, 0.25) is 0 Å². The summed E-state index contributed by atoms with van der Waals surface area (Å²) in [4.78, 5) is 21.0. The summed E-state index contributed by atoms with van der Waals surface area (Å²) in [6.07, 6.45) is -6.58. The molecule has 1 aromatic heterocycles. The van der Waals surface area contributed by atoms with Crippen molar-refractivity contribution < 1.29 is 35.9 Å². The topological polar surface area (TPSA) is 45.7 Å². The number of methoxy groups -OCH3 is 1. The molecule has 0 N–H and O–H groups in total. The van der Waals surface area contributed by atoms with E-state index in [0.29, 0.717) is 49.5 Å². The monoisotopic (exact) mass is 589 g/mol. The van der Waals surface area contributed by atoms with Crippen LogP contribution in [0.4, 0.5) is 26.3 Å². The van der Waals surface area contributed by atoms with Crippen molar-refractivity contribution >= 4 is 5.91 Å². The molecule has 3 aromatic rings. The van der Waals surface area contributed by atoms with Crippen LogP contribution in [0.2, 0.25) is 0 Å². The van der Waals surface area contributed by atoms with Gasteiger partial charge in [0.15, 0.2) is 0 Å². The second-order valence-corrected chi connectivity index (χ2v) is 10.2. The lowest BCUT2D eigenvalue weighted by Crippen LogP contribution is -2.56. The highest BCUT2D eigenvalue weighted by Crippen LogP contribution is 2.37. The van der Waals surface area contributed by atoms with E-state index in [9.17, 15) is 31.1 Å². The molecule has 0 unspecified atom stereocenters. The highest BCUT2D eigenvalue weighted by Gasteiger charge is 2.39. The molecule has 0 aliphatic carbocycles. The van der Waals surface area contributed by atoms with E-state index in [1.807, 2.05) is 36.9 Å². The van der Waals surface area contributed by atoms with Gasteiger partial charge in [-0.05, 0) is 61.2 Å². The van der Waals surface area contributed by atoms with Crippen LogP contribution in [0.5, 0.6) is 5.75 Å². The third-order valence-corrected chi connectivity index (χ3v) is 7.23. The van der Waals surface area contributed by atoms with E-state index in [1.165, 1.54) is 12.0 Å². The van der Waals surface area contributed by atoms with Crippen LogP contribution in [0.15, 0.2) is 54.9 Å². The molecule has 1 amide bonds. The van der Waals surface area contributed by atoms with E-state index in [4.69, 9.17) is 4.74 Å². The largest absolute Gasteiger partial charge is 0.495 e. The minimum absolute atomic E-state index is 0.0250. The number of carbonyl (C=O) groups excluding carboxylic acids is 1. The van der Waals surface area contributed by atoms with Gasteiger partial charge in [-0.3, -0.25) is 14.7 Å². The number of benzene rings is 2. The number of aryl methyl sites for hydroxylation is 2. The second-order valence-electron chi connectivity index (χ2n) is 10.2. The van der Waals surface area contributed by atoms with Crippen LogP contribution in [-0.2, 0) is 18.8 Å². The summed E-state index contributed by atoms with van der Waals surface area (Å²) in [6, 6.07) is 7.98. The zero-order valence-electron chi connectivity index (χ0n) is 23.2. The number of ether oxygens (including phenoxy) is 1. The van der Waals surface area contributed by atoms with E-state index >= 15 is 0 Å².